The summed E-state index contributed by atoms with van der Waals surface area (Å²) in [6, 6.07) is 7.37. The van der Waals surface area contributed by atoms with E-state index in [4.69, 9.17) is 0 Å². The van der Waals surface area contributed by atoms with E-state index in [-0.39, 0.29) is 0 Å². The first-order valence-corrected chi connectivity index (χ1v) is 6.54. The van der Waals surface area contributed by atoms with Crippen molar-refractivity contribution in [2.75, 3.05) is 27.2 Å². The van der Waals surface area contributed by atoms with E-state index in [0.29, 0.717) is 12.0 Å². The van der Waals surface area contributed by atoms with Gasteiger partial charge in [0.1, 0.15) is 0 Å². The van der Waals surface area contributed by atoms with Gasteiger partial charge in [-0.25, -0.2) is 0 Å². The molecule has 0 radical (unpaired) electrons. The van der Waals surface area contributed by atoms with Crippen LogP contribution in [0.25, 0.3) is 0 Å². The quantitative estimate of drug-likeness (QED) is 0.842. The van der Waals surface area contributed by atoms with Gasteiger partial charge in [0.15, 0.2) is 0 Å². The van der Waals surface area contributed by atoms with Crippen LogP contribution in [0, 0.1) is 13.8 Å². The summed E-state index contributed by atoms with van der Waals surface area (Å²) in [7, 11) is 4.40. The lowest BCUT2D eigenvalue weighted by Gasteiger charge is -2.37. The van der Waals surface area contributed by atoms with Gasteiger partial charge in [-0.1, -0.05) is 18.2 Å². The van der Waals surface area contributed by atoms with Crippen molar-refractivity contribution in [1.82, 2.24) is 10.2 Å². The summed E-state index contributed by atoms with van der Waals surface area (Å²) in [6.07, 6.45) is 1.24. The molecule has 2 unspecified atom stereocenters. The van der Waals surface area contributed by atoms with E-state index in [1.807, 2.05) is 0 Å². The lowest BCUT2D eigenvalue weighted by molar-refractivity contribution is 0.209. The molecule has 1 aliphatic heterocycles. The number of hydrogen-bond acceptors (Lipinski definition) is 2. The molecule has 0 bridgehead atoms. The van der Waals surface area contributed by atoms with E-state index in [1.165, 1.54) is 23.1 Å². The molecule has 94 valence electrons. The lowest BCUT2D eigenvalue weighted by atomic mass is 9.83. The topological polar surface area (TPSA) is 15.3 Å². The fraction of sp³-hybridized carbons (Fsp3) is 0.600. The molecule has 0 aromatic heterocycles. The Kier molecular flexibility index (Phi) is 3.85. The Labute approximate surface area is 105 Å². The van der Waals surface area contributed by atoms with Crippen LogP contribution < -0.4 is 5.32 Å². The number of hydrogen-bond donors (Lipinski definition) is 1. The second-order valence-corrected chi connectivity index (χ2v) is 5.42. The van der Waals surface area contributed by atoms with Gasteiger partial charge < -0.3 is 10.2 Å². The van der Waals surface area contributed by atoms with Crippen molar-refractivity contribution < 1.29 is 0 Å². The van der Waals surface area contributed by atoms with Crippen molar-refractivity contribution in [2.45, 2.75) is 32.2 Å². The first kappa shape index (κ1) is 12.6. The molecule has 17 heavy (non-hydrogen) atoms. The third-order valence-electron chi connectivity index (χ3n) is 4.15. The largest absolute Gasteiger partial charge is 0.316 e. The fourth-order valence-corrected chi connectivity index (χ4v) is 2.96. The standard InChI is InChI=1S/C15H24N2/c1-11-6-5-7-13(12(11)2)14-10-16-9-8-15(14)17(3)4/h5-7,14-16H,8-10H2,1-4H3. The Morgan fingerprint density at radius 3 is 2.71 bits per heavy atom. The number of benzene rings is 1. The van der Waals surface area contributed by atoms with Gasteiger partial charge in [-0.15, -0.1) is 0 Å². The molecule has 2 heteroatoms. The molecule has 1 N–H and O–H groups in total. The van der Waals surface area contributed by atoms with Gasteiger partial charge in [0.25, 0.3) is 0 Å². The summed E-state index contributed by atoms with van der Waals surface area (Å²) in [5.74, 6) is 0.624. The highest BCUT2D eigenvalue weighted by atomic mass is 15.1. The number of nitrogens with one attached hydrogen (secondary N) is 1. The highest BCUT2D eigenvalue weighted by Crippen LogP contribution is 2.30. The maximum absolute atomic E-state index is 3.54. The van der Waals surface area contributed by atoms with Crippen LogP contribution in [0.15, 0.2) is 18.2 Å². The van der Waals surface area contributed by atoms with Gasteiger partial charge in [-0.05, 0) is 57.6 Å². The summed E-state index contributed by atoms with van der Waals surface area (Å²) in [6.45, 7) is 6.71. The van der Waals surface area contributed by atoms with Crippen LogP contribution >= 0.6 is 0 Å². The minimum Gasteiger partial charge on any atom is -0.316 e. The third-order valence-corrected chi connectivity index (χ3v) is 4.15. The average Bonchev–Trinajstić information content (AvgIpc) is 2.33. The SMILES string of the molecule is Cc1cccc(C2CNCCC2N(C)C)c1C. The van der Waals surface area contributed by atoms with Gasteiger partial charge in [0.05, 0.1) is 0 Å². The molecule has 1 heterocycles. The van der Waals surface area contributed by atoms with Crippen LogP contribution in [0.4, 0.5) is 0 Å². The number of aryl methyl sites for hydroxylation is 1. The predicted molar refractivity (Wildman–Crippen MR) is 73.6 cm³/mol. The van der Waals surface area contributed by atoms with Gasteiger partial charge in [-0.2, -0.15) is 0 Å². The zero-order chi connectivity index (χ0) is 12.4. The summed E-state index contributed by atoms with van der Waals surface area (Å²) >= 11 is 0. The number of rotatable bonds is 2. The lowest BCUT2D eigenvalue weighted by Crippen LogP contribution is -2.45. The molecule has 2 nitrogen and oxygen atoms in total. The maximum atomic E-state index is 3.54. The van der Waals surface area contributed by atoms with Crippen LogP contribution in [0.2, 0.25) is 0 Å². The second-order valence-electron chi connectivity index (χ2n) is 5.42. The van der Waals surface area contributed by atoms with Crippen LogP contribution in [0.5, 0.6) is 0 Å². The zero-order valence-electron chi connectivity index (χ0n) is 11.5. The van der Waals surface area contributed by atoms with Crippen molar-refractivity contribution in [3.63, 3.8) is 0 Å². The van der Waals surface area contributed by atoms with Crippen molar-refractivity contribution in [3.05, 3.63) is 34.9 Å². The zero-order valence-corrected chi connectivity index (χ0v) is 11.5. The predicted octanol–water partition coefficient (Wildman–Crippen LogP) is 2.31. The van der Waals surface area contributed by atoms with Crippen molar-refractivity contribution in [2.24, 2.45) is 0 Å². The van der Waals surface area contributed by atoms with Gasteiger partial charge >= 0.3 is 0 Å². The van der Waals surface area contributed by atoms with E-state index >= 15 is 0 Å². The molecule has 2 rings (SSSR count). The van der Waals surface area contributed by atoms with Crippen LogP contribution in [0.1, 0.15) is 29.0 Å². The molecule has 0 amide bonds. The van der Waals surface area contributed by atoms with Crippen molar-refractivity contribution >= 4 is 0 Å². The van der Waals surface area contributed by atoms with Crippen molar-refractivity contribution in [3.8, 4) is 0 Å². The molecule has 1 aliphatic rings. The molecule has 1 saturated heterocycles. The molecule has 2 atom stereocenters. The van der Waals surface area contributed by atoms with Gasteiger partial charge in [-0.3, -0.25) is 0 Å². The molecule has 0 aliphatic carbocycles. The second kappa shape index (κ2) is 5.19. The van der Waals surface area contributed by atoms with E-state index < -0.39 is 0 Å². The number of piperidine rings is 1. The molecule has 0 saturated carbocycles. The summed E-state index contributed by atoms with van der Waals surface area (Å²) in [5, 5.41) is 3.54. The van der Waals surface area contributed by atoms with Crippen LogP contribution in [0.3, 0.4) is 0 Å². The van der Waals surface area contributed by atoms with Crippen molar-refractivity contribution in [1.29, 1.82) is 0 Å². The minimum atomic E-state index is 0.624. The fourth-order valence-electron chi connectivity index (χ4n) is 2.96. The molecular formula is C15H24N2. The summed E-state index contributed by atoms with van der Waals surface area (Å²) in [4.78, 5) is 2.38. The van der Waals surface area contributed by atoms with E-state index in [9.17, 15) is 0 Å². The molecular weight excluding hydrogens is 208 g/mol. The Balaban J connectivity index is 2.33. The Hall–Kier alpha value is -0.860. The van der Waals surface area contributed by atoms with E-state index in [2.05, 4.69) is 56.4 Å². The minimum absolute atomic E-state index is 0.624. The Bertz CT molecular complexity index is 385. The molecule has 0 spiro atoms. The highest BCUT2D eigenvalue weighted by molar-refractivity contribution is 5.37. The third kappa shape index (κ3) is 2.53. The summed E-state index contributed by atoms with van der Waals surface area (Å²) < 4.78 is 0. The smallest absolute Gasteiger partial charge is 0.0182 e. The van der Waals surface area contributed by atoms with Gasteiger partial charge in [0.2, 0.25) is 0 Å². The van der Waals surface area contributed by atoms with Gasteiger partial charge in [0, 0.05) is 18.5 Å². The van der Waals surface area contributed by atoms with Crippen LogP contribution in [-0.2, 0) is 0 Å². The average molecular weight is 232 g/mol. The molecule has 1 aromatic carbocycles. The monoisotopic (exact) mass is 232 g/mol. The maximum Gasteiger partial charge on any atom is 0.0182 e. The Morgan fingerprint density at radius 2 is 2.00 bits per heavy atom. The van der Waals surface area contributed by atoms with E-state index in [0.717, 1.165) is 13.1 Å². The normalized spacial score (nSPS) is 25.2. The molecule has 1 fully saturated rings. The molecule has 1 aromatic rings. The number of likely N-dealkylation sites (N-methyl/N-ethyl adjacent to an activating group) is 1. The van der Waals surface area contributed by atoms with Crippen LogP contribution in [-0.4, -0.2) is 38.1 Å². The Morgan fingerprint density at radius 1 is 1.24 bits per heavy atom. The van der Waals surface area contributed by atoms with E-state index in [1.54, 1.807) is 0 Å². The first-order valence-electron chi connectivity index (χ1n) is 6.54. The first-order chi connectivity index (χ1) is 8.11. The highest BCUT2D eigenvalue weighted by Gasteiger charge is 2.28. The number of nitrogens with zero attached hydrogens (tertiary/aromatic N) is 1. The summed E-state index contributed by atoms with van der Waals surface area (Å²) in [5.41, 5.74) is 4.40.